The number of aliphatic hydroxyl groups excluding tert-OH is 1. The molecule has 0 fully saturated rings. The molecule has 0 saturated carbocycles. The monoisotopic (exact) mass is 318 g/mol. The van der Waals surface area contributed by atoms with E-state index in [9.17, 15) is 4.79 Å². The van der Waals surface area contributed by atoms with Crippen LogP contribution >= 0.6 is 0 Å². The topological polar surface area (TPSA) is 90.0 Å². The number of carbonyl (C=O) groups excluding carboxylic acids is 1. The van der Waals surface area contributed by atoms with Gasteiger partial charge in [0.05, 0.1) is 17.1 Å². The number of amides is 2. The lowest BCUT2D eigenvalue weighted by molar-refractivity contribution is 0.220. The van der Waals surface area contributed by atoms with Gasteiger partial charge in [0.15, 0.2) is 0 Å². The summed E-state index contributed by atoms with van der Waals surface area (Å²) in [6.07, 6.45) is 1.34. The zero-order valence-electron chi connectivity index (χ0n) is 14.0. The summed E-state index contributed by atoms with van der Waals surface area (Å²) in [5, 5.41) is 14.9. The molecule has 126 valence electrons. The number of aromatic amines is 1. The third-order valence-corrected chi connectivity index (χ3v) is 3.96. The number of hydrogen-bond donors (Lipinski definition) is 4. The van der Waals surface area contributed by atoms with Crippen LogP contribution in [0.25, 0.3) is 11.0 Å². The van der Waals surface area contributed by atoms with Crippen molar-refractivity contribution < 1.29 is 9.90 Å². The van der Waals surface area contributed by atoms with Gasteiger partial charge in [0.2, 0.25) is 0 Å². The number of H-pyrrole nitrogens is 1. The van der Waals surface area contributed by atoms with Crippen LogP contribution in [0, 0.1) is 5.92 Å². The van der Waals surface area contributed by atoms with E-state index in [1.165, 1.54) is 0 Å². The second-order valence-electron chi connectivity index (χ2n) is 6.10. The first-order valence-corrected chi connectivity index (χ1v) is 8.17. The highest BCUT2D eigenvalue weighted by Crippen LogP contribution is 2.22. The second kappa shape index (κ2) is 7.97. The fourth-order valence-corrected chi connectivity index (χ4v) is 2.57. The first-order chi connectivity index (χ1) is 11.0. The minimum Gasteiger partial charge on any atom is -0.396 e. The van der Waals surface area contributed by atoms with Crippen molar-refractivity contribution in [2.45, 2.75) is 45.7 Å². The van der Waals surface area contributed by atoms with Crippen LogP contribution in [-0.4, -0.2) is 33.8 Å². The number of fused-ring (bicyclic) bond motifs is 1. The lowest BCUT2D eigenvalue weighted by atomic mass is 10.0. The van der Waals surface area contributed by atoms with Crippen molar-refractivity contribution in [3.63, 3.8) is 0 Å². The normalized spacial score (nSPS) is 14.0. The number of rotatable bonds is 7. The average molecular weight is 318 g/mol. The molecule has 2 unspecified atom stereocenters. The molecular formula is C17H26N4O2. The van der Waals surface area contributed by atoms with Gasteiger partial charge in [-0.1, -0.05) is 32.9 Å². The maximum Gasteiger partial charge on any atom is 0.315 e. The number of nitrogens with zero attached hydrogens (tertiary/aromatic N) is 1. The van der Waals surface area contributed by atoms with E-state index in [1.807, 2.05) is 45.0 Å². The van der Waals surface area contributed by atoms with Crippen LogP contribution in [0.3, 0.4) is 0 Å². The minimum absolute atomic E-state index is 0.0246. The van der Waals surface area contributed by atoms with Gasteiger partial charge in [-0.3, -0.25) is 0 Å². The molecule has 1 heterocycles. The Bertz CT molecular complexity index is 605. The fourth-order valence-electron chi connectivity index (χ4n) is 2.57. The standard InChI is InChI=1S/C17H26N4O2/c1-4-12(9-10-22)18-17(23)21-15(11(2)3)16-19-13-7-5-6-8-14(13)20-16/h5-8,11-12,15,22H,4,9-10H2,1-3H3,(H,19,20)(H2,18,21,23). The Morgan fingerprint density at radius 2 is 2.04 bits per heavy atom. The Morgan fingerprint density at radius 1 is 1.30 bits per heavy atom. The molecule has 2 rings (SSSR count). The molecule has 0 aliphatic carbocycles. The van der Waals surface area contributed by atoms with Crippen LogP contribution in [0.2, 0.25) is 0 Å². The molecule has 0 bridgehead atoms. The van der Waals surface area contributed by atoms with Crippen LogP contribution in [0.15, 0.2) is 24.3 Å². The summed E-state index contributed by atoms with van der Waals surface area (Å²) >= 11 is 0. The Hall–Kier alpha value is -2.08. The van der Waals surface area contributed by atoms with Crippen LogP contribution in [0.5, 0.6) is 0 Å². The number of benzene rings is 1. The highest BCUT2D eigenvalue weighted by molar-refractivity contribution is 5.76. The van der Waals surface area contributed by atoms with Crippen LogP contribution in [-0.2, 0) is 0 Å². The van der Waals surface area contributed by atoms with Gasteiger partial charge >= 0.3 is 6.03 Å². The van der Waals surface area contributed by atoms with E-state index in [4.69, 9.17) is 5.11 Å². The summed E-state index contributed by atoms with van der Waals surface area (Å²) in [6, 6.07) is 7.36. The maximum absolute atomic E-state index is 12.2. The SMILES string of the molecule is CCC(CCO)NC(=O)NC(c1nc2ccccc2[nH]1)C(C)C. The predicted molar refractivity (Wildman–Crippen MR) is 91.1 cm³/mol. The lowest BCUT2D eigenvalue weighted by Crippen LogP contribution is -2.45. The summed E-state index contributed by atoms with van der Waals surface area (Å²) in [7, 11) is 0. The van der Waals surface area contributed by atoms with E-state index >= 15 is 0 Å². The summed E-state index contributed by atoms with van der Waals surface area (Å²) in [4.78, 5) is 20.1. The molecule has 0 aliphatic heterocycles. The molecule has 1 aromatic carbocycles. The molecule has 2 atom stereocenters. The van der Waals surface area contributed by atoms with Gasteiger partial charge in [-0.15, -0.1) is 0 Å². The number of para-hydroxylation sites is 2. The molecule has 0 saturated heterocycles. The van der Waals surface area contributed by atoms with E-state index in [0.29, 0.717) is 6.42 Å². The molecule has 0 radical (unpaired) electrons. The number of urea groups is 1. The third kappa shape index (κ3) is 4.45. The van der Waals surface area contributed by atoms with Gasteiger partial charge in [-0.05, 0) is 30.9 Å². The molecule has 23 heavy (non-hydrogen) atoms. The zero-order chi connectivity index (χ0) is 16.8. The smallest absolute Gasteiger partial charge is 0.315 e. The van der Waals surface area contributed by atoms with E-state index in [0.717, 1.165) is 23.3 Å². The molecule has 4 N–H and O–H groups in total. The number of carbonyl (C=O) groups is 1. The molecule has 2 amide bonds. The third-order valence-electron chi connectivity index (χ3n) is 3.96. The van der Waals surface area contributed by atoms with Gasteiger partial charge in [0, 0.05) is 12.6 Å². The number of aromatic nitrogens is 2. The van der Waals surface area contributed by atoms with Gasteiger partial charge in [0.25, 0.3) is 0 Å². The van der Waals surface area contributed by atoms with Crippen molar-refractivity contribution in [3.05, 3.63) is 30.1 Å². The van der Waals surface area contributed by atoms with Crippen LogP contribution in [0.1, 0.15) is 45.5 Å². The Balaban J connectivity index is 2.10. The average Bonchev–Trinajstić information content (AvgIpc) is 2.95. The first-order valence-electron chi connectivity index (χ1n) is 8.17. The first kappa shape index (κ1) is 17.3. The van der Waals surface area contributed by atoms with Crippen molar-refractivity contribution >= 4 is 17.1 Å². The predicted octanol–water partition coefficient (Wildman–Crippen LogP) is 2.72. The van der Waals surface area contributed by atoms with Gasteiger partial charge in [-0.2, -0.15) is 0 Å². The van der Waals surface area contributed by atoms with Crippen molar-refractivity contribution in [2.75, 3.05) is 6.61 Å². The maximum atomic E-state index is 12.2. The highest BCUT2D eigenvalue weighted by Gasteiger charge is 2.22. The molecule has 0 spiro atoms. The van der Waals surface area contributed by atoms with Crippen LogP contribution in [0.4, 0.5) is 4.79 Å². The van der Waals surface area contributed by atoms with Gasteiger partial charge in [-0.25, -0.2) is 9.78 Å². The summed E-state index contributed by atoms with van der Waals surface area (Å²) in [5.41, 5.74) is 1.85. The number of hydrogen-bond acceptors (Lipinski definition) is 3. The van der Waals surface area contributed by atoms with E-state index in [2.05, 4.69) is 20.6 Å². The van der Waals surface area contributed by atoms with Crippen LogP contribution < -0.4 is 10.6 Å². The van der Waals surface area contributed by atoms with E-state index < -0.39 is 0 Å². The largest absolute Gasteiger partial charge is 0.396 e. The van der Waals surface area contributed by atoms with Crippen molar-refractivity contribution in [1.29, 1.82) is 0 Å². The fraction of sp³-hybridized carbons (Fsp3) is 0.529. The molecule has 0 aliphatic rings. The minimum atomic E-state index is -0.232. The summed E-state index contributed by atoms with van der Waals surface area (Å²) < 4.78 is 0. The second-order valence-corrected chi connectivity index (χ2v) is 6.10. The van der Waals surface area contributed by atoms with Crippen molar-refractivity contribution in [1.82, 2.24) is 20.6 Å². The Kier molecular flexibility index (Phi) is 5.98. The highest BCUT2D eigenvalue weighted by atomic mass is 16.3. The Morgan fingerprint density at radius 3 is 2.65 bits per heavy atom. The quantitative estimate of drug-likeness (QED) is 0.633. The summed E-state index contributed by atoms with van der Waals surface area (Å²) in [5.74, 6) is 0.950. The van der Waals surface area contributed by atoms with Crippen molar-refractivity contribution in [3.8, 4) is 0 Å². The molecule has 1 aromatic heterocycles. The molecule has 6 heteroatoms. The van der Waals surface area contributed by atoms with Gasteiger partial charge < -0.3 is 20.7 Å². The Labute approximate surface area is 136 Å². The van der Waals surface area contributed by atoms with Gasteiger partial charge in [0.1, 0.15) is 5.82 Å². The zero-order valence-corrected chi connectivity index (χ0v) is 14.0. The molecule has 2 aromatic rings. The molecule has 6 nitrogen and oxygen atoms in total. The van der Waals surface area contributed by atoms with Crippen molar-refractivity contribution in [2.24, 2.45) is 5.92 Å². The van der Waals surface area contributed by atoms with E-state index in [-0.39, 0.29) is 30.6 Å². The number of aliphatic hydroxyl groups is 1. The lowest BCUT2D eigenvalue weighted by Gasteiger charge is -2.23. The molecular weight excluding hydrogens is 292 g/mol. The summed E-state index contributed by atoms with van der Waals surface area (Å²) in [6.45, 7) is 6.14. The number of imidazole rings is 1. The van der Waals surface area contributed by atoms with E-state index in [1.54, 1.807) is 0 Å². The number of nitrogens with one attached hydrogen (secondary N) is 3.